The van der Waals surface area contributed by atoms with E-state index in [0.29, 0.717) is 11.1 Å². The predicted octanol–water partition coefficient (Wildman–Crippen LogP) is 3.37. The molecule has 0 aliphatic heterocycles. The molecule has 1 aromatic heterocycles. The first-order chi connectivity index (χ1) is 10.1. The summed E-state index contributed by atoms with van der Waals surface area (Å²) in [4.78, 5) is 4.34. The van der Waals surface area contributed by atoms with Gasteiger partial charge < -0.3 is 9.88 Å². The Labute approximate surface area is 130 Å². The number of benzene rings is 1. The number of hydrogen-bond acceptors (Lipinski definition) is 2. The average molecular weight is 310 g/mol. The zero-order valence-corrected chi connectivity index (χ0v) is 13.2. The minimum atomic E-state index is -0.295. The molecule has 114 valence electrons. The fourth-order valence-corrected chi connectivity index (χ4v) is 2.70. The highest BCUT2D eigenvalue weighted by atomic mass is 35.5. The van der Waals surface area contributed by atoms with E-state index in [1.807, 2.05) is 24.0 Å². The Morgan fingerprint density at radius 1 is 1.43 bits per heavy atom. The van der Waals surface area contributed by atoms with Crippen LogP contribution in [0.1, 0.15) is 24.7 Å². The fourth-order valence-electron chi connectivity index (χ4n) is 2.46. The van der Waals surface area contributed by atoms with Crippen molar-refractivity contribution in [3.63, 3.8) is 0 Å². The number of likely N-dealkylation sites (N-methyl/N-ethyl adjacent to an activating group) is 1. The number of aryl methyl sites for hydroxylation is 2. The number of aromatic nitrogens is 2. The summed E-state index contributed by atoms with van der Waals surface area (Å²) in [5.74, 6) is 0.778. The lowest BCUT2D eigenvalue weighted by Gasteiger charge is -2.18. The van der Waals surface area contributed by atoms with Gasteiger partial charge in [-0.15, -0.1) is 0 Å². The van der Waals surface area contributed by atoms with E-state index in [2.05, 4.69) is 17.2 Å². The average Bonchev–Trinajstić information content (AvgIpc) is 2.85. The molecule has 2 aromatic rings. The van der Waals surface area contributed by atoms with Crippen molar-refractivity contribution in [2.24, 2.45) is 7.05 Å². The van der Waals surface area contributed by atoms with E-state index in [4.69, 9.17) is 11.6 Å². The maximum absolute atomic E-state index is 13.1. The molecule has 2 rings (SSSR count). The second kappa shape index (κ2) is 7.57. The lowest BCUT2D eigenvalue weighted by molar-refractivity contribution is 0.483. The molecule has 1 aromatic carbocycles. The van der Waals surface area contributed by atoms with Crippen LogP contribution in [0.2, 0.25) is 5.02 Å². The van der Waals surface area contributed by atoms with E-state index in [1.54, 1.807) is 6.07 Å². The molecule has 0 spiro atoms. The standard InChI is InChI=1S/C16H21ClFN3/c1-3-19-14(6-7-16-20-8-9-21(16)2)10-12-4-5-13(18)11-15(12)17/h4-5,8-9,11,14,19H,3,6-7,10H2,1-2H3. The number of hydrogen-bond donors (Lipinski definition) is 1. The van der Waals surface area contributed by atoms with E-state index in [0.717, 1.165) is 37.2 Å². The predicted molar refractivity (Wildman–Crippen MR) is 84.1 cm³/mol. The van der Waals surface area contributed by atoms with Gasteiger partial charge in [0.1, 0.15) is 11.6 Å². The van der Waals surface area contributed by atoms with Crippen LogP contribution in [-0.4, -0.2) is 22.1 Å². The maximum Gasteiger partial charge on any atom is 0.124 e. The zero-order valence-electron chi connectivity index (χ0n) is 12.4. The largest absolute Gasteiger partial charge is 0.338 e. The van der Waals surface area contributed by atoms with Gasteiger partial charge in [-0.1, -0.05) is 24.6 Å². The van der Waals surface area contributed by atoms with Gasteiger partial charge in [0, 0.05) is 36.9 Å². The molecule has 1 atom stereocenters. The molecule has 0 saturated heterocycles. The minimum Gasteiger partial charge on any atom is -0.338 e. The Bertz CT molecular complexity index is 583. The number of halogens is 2. The Morgan fingerprint density at radius 2 is 2.24 bits per heavy atom. The van der Waals surface area contributed by atoms with Crippen LogP contribution in [-0.2, 0) is 19.9 Å². The number of nitrogens with zero attached hydrogens (tertiary/aromatic N) is 2. The lowest BCUT2D eigenvalue weighted by Crippen LogP contribution is -2.31. The molecule has 0 aliphatic carbocycles. The van der Waals surface area contributed by atoms with Crippen molar-refractivity contribution in [1.29, 1.82) is 0 Å². The van der Waals surface area contributed by atoms with Crippen LogP contribution in [0.3, 0.4) is 0 Å². The van der Waals surface area contributed by atoms with E-state index in [1.165, 1.54) is 12.1 Å². The van der Waals surface area contributed by atoms with Gasteiger partial charge in [0.2, 0.25) is 0 Å². The maximum atomic E-state index is 13.1. The molecule has 1 unspecified atom stereocenters. The zero-order chi connectivity index (χ0) is 15.2. The summed E-state index contributed by atoms with van der Waals surface area (Å²) in [6, 6.07) is 4.90. The molecule has 1 N–H and O–H groups in total. The molecule has 1 heterocycles. The Kier molecular flexibility index (Phi) is 5.76. The molecule has 5 heteroatoms. The van der Waals surface area contributed by atoms with Crippen molar-refractivity contribution < 1.29 is 4.39 Å². The van der Waals surface area contributed by atoms with Crippen LogP contribution in [0, 0.1) is 5.82 Å². The Morgan fingerprint density at radius 3 is 2.86 bits per heavy atom. The number of nitrogens with one attached hydrogen (secondary N) is 1. The van der Waals surface area contributed by atoms with Crippen LogP contribution in [0.5, 0.6) is 0 Å². The second-order valence-electron chi connectivity index (χ2n) is 5.19. The third-order valence-electron chi connectivity index (χ3n) is 3.61. The summed E-state index contributed by atoms with van der Waals surface area (Å²) in [5, 5.41) is 3.96. The van der Waals surface area contributed by atoms with E-state index < -0.39 is 0 Å². The van der Waals surface area contributed by atoms with Crippen LogP contribution < -0.4 is 5.32 Å². The van der Waals surface area contributed by atoms with Crippen molar-refractivity contribution in [3.8, 4) is 0 Å². The first-order valence-corrected chi connectivity index (χ1v) is 7.61. The summed E-state index contributed by atoms with van der Waals surface area (Å²) >= 11 is 6.11. The van der Waals surface area contributed by atoms with Gasteiger partial charge in [0.05, 0.1) is 0 Å². The van der Waals surface area contributed by atoms with Crippen LogP contribution in [0.15, 0.2) is 30.6 Å². The fraction of sp³-hybridized carbons (Fsp3) is 0.438. The molecular formula is C16H21ClFN3. The highest BCUT2D eigenvalue weighted by Gasteiger charge is 2.12. The molecule has 0 radical (unpaired) electrons. The van der Waals surface area contributed by atoms with Gasteiger partial charge in [0.25, 0.3) is 0 Å². The molecule has 0 amide bonds. The summed E-state index contributed by atoms with van der Waals surface area (Å²) in [6.07, 6.45) is 6.42. The summed E-state index contributed by atoms with van der Waals surface area (Å²) in [7, 11) is 2.00. The number of rotatable bonds is 7. The van der Waals surface area contributed by atoms with E-state index in [9.17, 15) is 4.39 Å². The summed E-state index contributed by atoms with van der Waals surface area (Å²) < 4.78 is 15.1. The highest BCUT2D eigenvalue weighted by molar-refractivity contribution is 6.31. The third-order valence-corrected chi connectivity index (χ3v) is 3.96. The van der Waals surface area contributed by atoms with Gasteiger partial charge in [0.15, 0.2) is 0 Å². The SMILES string of the molecule is CCNC(CCc1nccn1C)Cc1ccc(F)cc1Cl. The van der Waals surface area contributed by atoms with E-state index in [-0.39, 0.29) is 5.82 Å². The minimum absolute atomic E-state index is 0.295. The van der Waals surface area contributed by atoms with Crippen molar-refractivity contribution in [1.82, 2.24) is 14.9 Å². The van der Waals surface area contributed by atoms with Crippen molar-refractivity contribution in [2.45, 2.75) is 32.2 Å². The molecule has 21 heavy (non-hydrogen) atoms. The van der Waals surface area contributed by atoms with Gasteiger partial charge in [-0.25, -0.2) is 9.37 Å². The van der Waals surface area contributed by atoms with Gasteiger partial charge in [-0.05, 0) is 37.1 Å². The topological polar surface area (TPSA) is 29.9 Å². The highest BCUT2D eigenvalue weighted by Crippen LogP contribution is 2.20. The first kappa shape index (κ1) is 16.0. The van der Waals surface area contributed by atoms with Crippen LogP contribution >= 0.6 is 11.6 Å². The van der Waals surface area contributed by atoms with Crippen LogP contribution in [0.4, 0.5) is 4.39 Å². The monoisotopic (exact) mass is 309 g/mol. The molecule has 0 fully saturated rings. The lowest BCUT2D eigenvalue weighted by atomic mass is 10.0. The molecule has 0 saturated carbocycles. The second-order valence-corrected chi connectivity index (χ2v) is 5.59. The smallest absolute Gasteiger partial charge is 0.124 e. The molecule has 0 bridgehead atoms. The molecular weight excluding hydrogens is 289 g/mol. The van der Waals surface area contributed by atoms with Gasteiger partial charge in [-0.3, -0.25) is 0 Å². The first-order valence-electron chi connectivity index (χ1n) is 7.23. The number of imidazole rings is 1. The summed E-state index contributed by atoms with van der Waals surface area (Å²) in [5.41, 5.74) is 0.976. The Balaban J connectivity index is 1.99. The summed E-state index contributed by atoms with van der Waals surface area (Å²) in [6.45, 7) is 2.98. The van der Waals surface area contributed by atoms with Crippen molar-refractivity contribution in [3.05, 3.63) is 52.8 Å². The quantitative estimate of drug-likeness (QED) is 0.850. The Hall–Kier alpha value is -1.39. The van der Waals surface area contributed by atoms with Gasteiger partial charge in [-0.2, -0.15) is 0 Å². The van der Waals surface area contributed by atoms with Gasteiger partial charge >= 0.3 is 0 Å². The van der Waals surface area contributed by atoms with Crippen molar-refractivity contribution >= 4 is 11.6 Å². The third kappa shape index (κ3) is 4.55. The normalized spacial score (nSPS) is 12.6. The van der Waals surface area contributed by atoms with E-state index >= 15 is 0 Å². The molecule has 0 aliphatic rings. The van der Waals surface area contributed by atoms with Crippen LogP contribution in [0.25, 0.3) is 0 Å². The molecule has 3 nitrogen and oxygen atoms in total. The van der Waals surface area contributed by atoms with Crippen molar-refractivity contribution in [2.75, 3.05) is 6.54 Å².